The first-order chi connectivity index (χ1) is 15.6. The number of nitrogens with zero attached hydrogens (tertiary/aromatic N) is 2. The summed E-state index contributed by atoms with van der Waals surface area (Å²) in [6.45, 7) is 4.07. The molecule has 5 nitrogen and oxygen atoms in total. The highest BCUT2D eigenvalue weighted by molar-refractivity contribution is 5.92. The minimum Gasteiger partial charge on any atom is -0.493 e. The SMILES string of the molecule is COc1cc2nc(C)nc(N[C@H](C)c3cccc(/C=C/C4CCCCC4)c3)c2cc1OC. The summed E-state index contributed by atoms with van der Waals surface area (Å²) in [5.74, 6) is 3.56. The van der Waals surface area contributed by atoms with Crippen LogP contribution in [0.4, 0.5) is 5.82 Å². The first-order valence-electron chi connectivity index (χ1n) is 11.5. The van der Waals surface area contributed by atoms with Gasteiger partial charge in [0.25, 0.3) is 0 Å². The first kappa shape index (κ1) is 22.1. The number of aryl methyl sites for hydroxylation is 1. The molecule has 168 valence electrons. The molecule has 0 unspecified atom stereocenters. The number of benzene rings is 2. The molecule has 1 N–H and O–H groups in total. The lowest BCUT2D eigenvalue weighted by atomic mass is 9.88. The van der Waals surface area contributed by atoms with Crippen molar-refractivity contribution < 1.29 is 9.47 Å². The Morgan fingerprint density at radius 3 is 2.50 bits per heavy atom. The number of allylic oxidation sites excluding steroid dienone is 1. The van der Waals surface area contributed by atoms with E-state index in [1.54, 1.807) is 14.2 Å². The van der Waals surface area contributed by atoms with E-state index in [0.717, 1.165) is 22.6 Å². The number of aromatic nitrogens is 2. The van der Waals surface area contributed by atoms with Gasteiger partial charge in [0.2, 0.25) is 0 Å². The number of fused-ring (bicyclic) bond motifs is 1. The van der Waals surface area contributed by atoms with E-state index in [1.165, 1.54) is 43.2 Å². The van der Waals surface area contributed by atoms with Crippen molar-refractivity contribution in [1.82, 2.24) is 9.97 Å². The van der Waals surface area contributed by atoms with Gasteiger partial charge in [-0.1, -0.05) is 49.6 Å². The molecule has 0 aliphatic heterocycles. The lowest BCUT2D eigenvalue weighted by Crippen LogP contribution is -2.10. The maximum Gasteiger partial charge on any atom is 0.162 e. The van der Waals surface area contributed by atoms with Crippen molar-refractivity contribution >= 4 is 22.8 Å². The lowest BCUT2D eigenvalue weighted by molar-refractivity contribution is 0.356. The van der Waals surface area contributed by atoms with Crippen LogP contribution in [0.2, 0.25) is 0 Å². The van der Waals surface area contributed by atoms with Gasteiger partial charge in [-0.2, -0.15) is 0 Å². The molecule has 1 aliphatic carbocycles. The Balaban J connectivity index is 1.58. The van der Waals surface area contributed by atoms with Crippen LogP contribution in [-0.4, -0.2) is 24.2 Å². The molecule has 2 aromatic carbocycles. The second-order valence-electron chi connectivity index (χ2n) is 8.64. The molecule has 32 heavy (non-hydrogen) atoms. The zero-order valence-electron chi connectivity index (χ0n) is 19.5. The summed E-state index contributed by atoms with van der Waals surface area (Å²) in [6, 6.07) is 12.7. The van der Waals surface area contributed by atoms with Gasteiger partial charge in [0, 0.05) is 17.5 Å². The van der Waals surface area contributed by atoms with Crippen molar-refractivity contribution in [3.05, 3.63) is 59.4 Å². The Hall–Kier alpha value is -3.08. The molecule has 1 aromatic heterocycles. The van der Waals surface area contributed by atoms with Crippen LogP contribution in [0.1, 0.15) is 62.0 Å². The molecule has 0 saturated heterocycles. The van der Waals surface area contributed by atoms with Crippen molar-refractivity contribution in [1.29, 1.82) is 0 Å². The van der Waals surface area contributed by atoms with Gasteiger partial charge >= 0.3 is 0 Å². The second-order valence-corrected chi connectivity index (χ2v) is 8.64. The van der Waals surface area contributed by atoms with Crippen molar-refractivity contribution in [2.75, 3.05) is 19.5 Å². The van der Waals surface area contributed by atoms with E-state index >= 15 is 0 Å². The van der Waals surface area contributed by atoms with E-state index < -0.39 is 0 Å². The molecule has 0 radical (unpaired) electrons. The summed E-state index contributed by atoms with van der Waals surface area (Å²) in [5.41, 5.74) is 3.30. The first-order valence-corrected chi connectivity index (χ1v) is 11.5. The van der Waals surface area contributed by atoms with E-state index in [-0.39, 0.29) is 6.04 Å². The summed E-state index contributed by atoms with van der Waals surface area (Å²) in [5, 5.41) is 4.50. The Morgan fingerprint density at radius 2 is 1.75 bits per heavy atom. The summed E-state index contributed by atoms with van der Waals surface area (Å²) in [4.78, 5) is 9.27. The fourth-order valence-electron chi connectivity index (χ4n) is 4.48. The molecular formula is C27H33N3O2. The van der Waals surface area contributed by atoms with Crippen molar-refractivity contribution in [3.8, 4) is 11.5 Å². The number of rotatable bonds is 7. The lowest BCUT2D eigenvalue weighted by Gasteiger charge is -2.19. The van der Waals surface area contributed by atoms with Crippen molar-refractivity contribution in [3.63, 3.8) is 0 Å². The van der Waals surface area contributed by atoms with Gasteiger partial charge in [-0.05, 0) is 55.9 Å². The van der Waals surface area contributed by atoms with Crippen LogP contribution in [0, 0.1) is 12.8 Å². The van der Waals surface area contributed by atoms with Crippen molar-refractivity contribution in [2.24, 2.45) is 5.92 Å². The minimum absolute atomic E-state index is 0.0867. The van der Waals surface area contributed by atoms with Crippen LogP contribution >= 0.6 is 0 Å². The maximum absolute atomic E-state index is 5.50. The highest BCUT2D eigenvalue weighted by Gasteiger charge is 2.15. The average molecular weight is 432 g/mol. The van der Waals surface area contributed by atoms with Crippen LogP contribution < -0.4 is 14.8 Å². The number of ether oxygens (including phenoxy) is 2. The summed E-state index contributed by atoms with van der Waals surface area (Å²) in [7, 11) is 3.27. The minimum atomic E-state index is 0.0867. The number of methoxy groups -OCH3 is 2. The molecule has 0 amide bonds. The summed E-state index contributed by atoms with van der Waals surface area (Å²) < 4.78 is 10.9. The molecule has 1 atom stereocenters. The van der Waals surface area contributed by atoms with Gasteiger partial charge in [-0.3, -0.25) is 0 Å². The summed E-state index contributed by atoms with van der Waals surface area (Å²) in [6.07, 6.45) is 11.4. The number of hydrogen-bond donors (Lipinski definition) is 1. The van der Waals surface area contributed by atoms with E-state index in [2.05, 4.69) is 58.6 Å². The standard InChI is InChI=1S/C27H33N3O2/c1-18(22-12-8-11-21(15-22)14-13-20-9-6-5-7-10-20)28-27-23-16-25(31-3)26(32-4)17-24(23)29-19(2)30-27/h8,11-18,20H,5-7,9-10H2,1-4H3,(H,28,29,30)/b14-13+/t18-/m1/s1. The van der Waals surface area contributed by atoms with Gasteiger partial charge in [0.05, 0.1) is 19.7 Å². The normalized spacial score (nSPS) is 15.8. The van der Waals surface area contributed by atoms with Crippen LogP contribution in [0.3, 0.4) is 0 Å². The predicted molar refractivity (Wildman–Crippen MR) is 131 cm³/mol. The average Bonchev–Trinajstić information content (AvgIpc) is 2.82. The van der Waals surface area contributed by atoms with Crippen LogP contribution in [0.25, 0.3) is 17.0 Å². The highest BCUT2D eigenvalue weighted by Crippen LogP contribution is 2.35. The third-order valence-corrected chi connectivity index (χ3v) is 6.29. The monoisotopic (exact) mass is 431 g/mol. The van der Waals surface area contributed by atoms with Gasteiger partial charge in [0.15, 0.2) is 11.5 Å². The third-order valence-electron chi connectivity index (χ3n) is 6.29. The van der Waals surface area contributed by atoms with Gasteiger partial charge in [-0.15, -0.1) is 0 Å². The molecule has 1 fully saturated rings. The van der Waals surface area contributed by atoms with Crippen LogP contribution in [0.15, 0.2) is 42.5 Å². The summed E-state index contributed by atoms with van der Waals surface area (Å²) >= 11 is 0. The molecule has 1 aliphatic rings. The Labute approximate surface area is 190 Å². The molecule has 4 rings (SSSR count). The fraction of sp³-hybridized carbons (Fsp3) is 0.407. The highest BCUT2D eigenvalue weighted by atomic mass is 16.5. The molecule has 0 bridgehead atoms. The van der Waals surface area contributed by atoms with Gasteiger partial charge in [0.1, 0.15) is 11.6 Å². The number of nitrogens with one attached hydrogen (secondary N) is 1. The number of anilines is 1. The Bertz CT molecular complexity index is 1100. The Kier molecular flexibility index (Phi) is 6.93. The van der Waals surface area contributed by atoms with E-state index in [9.17, 15) is 0 Å². The fourth-order valence-corrected chi connectivity index (χ4v) is 4.48. The van der Waals surface area contributed by atoms with E-state index in [4.69, 9.17) is 9.47 Å². The Morgan fingerprint density at radius 1 is 1.00 bits per heavy atom. The van der Waals surface area contributed by atoms with Gasteiger partial charge in [-0.25, -0.2) is 9.97 Å². The van der Waals surface area contributed by atoms with E-state index in [1.807, 2.05) is 19.1 Å². The smallest absolute Gasteiger partial charge is 0.162 e. The predicted octanol–water partition coefficient (Wildman–Crippen LogP) is 6.72. The quantitative estimate of drug-likeness (QED) is 0.450. The molecule has 1 saturated carbocycles. The van der Waals surface area contributed by atoms with E-state index in [0.29, 0.717) is 17.3 Å². The van der Waals surface area contributed by atoms with Crippen molar-refractivity contribution in [2.45, 2.75) is 52.0 Å². The molecule has 1 heterocycles. The van der Waals surface area contributed by atoms with Gasteiger partial charge < -0.3 is 14.8 Å². The molecule has 0 spiro atoms. The molecule has 5 heteroatoms. The molecular weight excluding hydrogens is 398 g/mol. The zero-order valence-corrected chi connectivity index (χ0v) is 19.5. The third kappa shape index (κ3) is 5.04. The molecule has 3 aromatic rings. The van der Waals surface area contributed by atoms with Crippen LogP contribution in [-0.2, 0) is 0 Å². The number of hydrogen-bond acceptors (Lipinski definition) is 5. The van der Waals surface area contributed by atoms with Crippen LogP contribution in [0.5, 0.6) is 11.5 Å². The zero-order chi connectivity index (χ0) is 22.5. The maximum atomic E-state index is 5.50. The largest absolute Gasteiger partial charge is 0.493 e. The topological polar surface area (TPSA) is 56.3 Å². The second kappa shape index (κ2) is 10.0.